The molecule has 1 fully saturated rings. The number of rotatable bonds is 6. The average molecular weight is 328 g/mol. The zero-order valence-corrected chi connectivity index (χ0v) is 13.5. The van der Waals surface area contributed by atoms with Crippen LogP contribution in [-0.2, 0) is 15.9 Å². The van der Waals surface area contributed by atoms with Crippen molar-refractivity contribution >= 4 is 26.2 Å². The van der Waals surface area contributed by atoms with E-state index < -0.39 is 6.04 Å². The maximum Gasteiger partial charge on any atom is 0.375 e. The molecule has 2 radical (unpaired) electrons. The zero-order chi connectivity index (χ0) is 17.4. The molecule has 3 N–H and O–H groups in total. The van der Waals surface area contributed by atoms with E-state index in [0.717, 1.165) is 44.3 Å². The van der Waals surface area contributed by atoms with Crippen molar-refractivity contribution in [1.82, 2.24) is 4.90 Å². The molecule has 0 saturated carbocycles. The van der Waals surface area contributed by atoms with Gasteiger partial charge in [0.05, 0.1) is 0 Å². The van der Waals surface area contributed by atoms with Gasteiger partial charge in [-0.15, -0.1) is 0 Å². The molecule has 1 aromatic carbocycles. The molecule has 1 aromatic rings. The van der Waals surface area contributed by atoms with Gasteiger partial charge >= 0.3 is 8.05 Å². The molecule has 24 heavy (non-hydrogen) atoms. The fraction of sp³-hybridized carbons (Fsp3) is 0.438. The number of hydrogen-bond acceptors (Lipinski definition) is 5. The summed E-state index contributed by atoms with van der Waals surface area (Å²) in [6.07, 6.45) is 4.70. The van der Waals surface area contributed by atoms with E-state index in [1.807, 2.05) is 17.0 Å². The van der Waals surface area contributed by atoms with Crippen molar-refractivity contribution < 1.29 is 14.7 Å². The van der Waals surface area contributed by atoms with Crippen LogP contribution in [0.1, 0.15) is 30.4 Å². The molecule has 0 unspecified atom stereocenters. The van der Waals surface area contributed by atoms with Gasteiger partial charge in [-0.3, -0.25) is 4.79 Å². The second-order valence-corrected chi connectivity index (χ2v) is 5.68. The minimum atomic E-state index is -0.582. The van der Waals surface area contributed by atoms with E-state index in [2.05, 4.69) is 14.8 Å². The number of carbonyl (C=O) groups is 1. The van der Waals surface area contributed by atoms with E-state index in [0.29, 0.717) is 12.0 Å². The number of carbonyl (C=O) groups excluding carboxylic acids is 1. The lowest BCUT2D eigenvalue weighted by atomic mass is 10.0. The van der Waals surface area contributed by atoms with E-state index in [1.165, 1.54) is 0 Å². The lowest BCUT2D eigenvalue weighted by molar-refractivity contribution is -0.133. The topological polar surface area (TPSA) is 101 Å². The molecule has 7 nitrogen and oxygen atoms in total. The molecular weight excluding hydrogens is 307 g/mol. The number of likely N-dealkylation sites (tertiary alicyclic amines) is 1. The molecule has 2 rings (SSSR count). The molecule has 1 aliphatic heterocycles. The molecule has 1 atom stereocenters. The fourth-order valence-electron chi connectivity index (χ4n) is 2.73. The van der Waals surface area contributed by atoms with Crippen LogP contribution in [-0.4, -0.2) is 55.4 Å². The van der Waals surface area contributed by atoms with Gasteiger partial charge in [0, 0.05) is 25.1 Å². The van der Waals surface area contributed by atoms with Crippen molar-refractivity contribution in [2.45, 2.75) is 31.7 Å². The number of piperidine rings is 1. The Morgan fingerprint density at radius 3 is 2.58 bits per heavy atom. The number of hydrogen-bond donors (Lipinski definition) is 2. The Kier molecular flexibility index (Phi) is 6.66. The molecule has 1 amide bonds. The van der Waals surface area contributed by atoms with E-state index in [-0.39, 0.29) is 11.7 Å². The highest BCUT2D eigenvalue weighted by atomic mass is 16.4. The van der Waals surface area contributed by atoms with Gasteiger partial charge in [-0.1, -0.05) is 29.4 Å². The molecule has 1 aliphatic rings. The largest absolute Gasteiger partial charge is 0.560 e. The summed E-state index contributed by atoms with van der Waals surface area (Å²) in [6.45, 7) is 1.52. The summed E-state index contributed by atoms with van der Waals surface area (Å²) in [5, 5.41) is 11.6. The Hall–Kier alpha value is -2.51. The number of nitrogens with two attached hydrogens (primary N) is 1. The second kappa shape index (κ2) is 8.95. The van der Waals surface area contributed by atoms with Gasteiger partial charge in [0.2, 0.25) is 5.91 Å². The van der Waals surface area contributed by atoms with Crippen LogP contribution in [0, 0.1) is 0 Å². The van der Waals surface area contributed by atoms with Gasteiger partial charge in [-0.2, -0.15) is 0 Å². The predicted octanol–water partition coefficient (Wildman–Crippen LogP) is 0.833. The van der Waals surface area contributed by atoms with E-state index in [9.17, 15) is 4.79 Å². The molecule has 0 spiro atoms. The summed E-state index contributed by atoms with van der Waals surface area (Å²) in [6, 6.07) is 6.53. The van der Waals surface area contributed by atoms with Crippen LogP contribution in [0.4, 0.5) is 0 Å². The number of amides is 1. The molecule has 8 heteroatoms. The first kappa shape index (κ1) is 17.8. The number of amidine groups is 1. The standard InChI is InChI=1S/C16H21BN4O3/c17-24-11-19-14(16(22)21-8-2-1-3-9-21)10-12-4-6-13(7-5-12)15(18)20-23/h4-7,11,14,23H,1-3,8-10H2,(H2,18,20)/t14-/m1/s1. The Labute approximate surface area is 142 Å². The van der Waals surface area contributed by atoms with Crippen LogP contribution in [0.5, 0.6) is 0 Å². The Bertz CT molecular complexity index is 598. The van der Waals surface area contributed by atoms with E-state index in [1.54, 1.807) is 12.1 Å². The number of benzene rings is 1. The normalized spacial score (nSPS) is 17.0. The smallest absolute Gasteiger partial charge is 0.375 e. The summed E-state index contributed by atoms with van der Waals surface area (Å²) in [4.78, 5) is 18.6. The van der Waals surface area contributed by atoms with Crippen LogP contribution in [0.25, 0.3) is 0 Å². The third-order valence-corrected chi connectivity index (χ3v) is 4.04. The third-order valence-electron chi connectivity index (χ3n) is 4.04. The van der Waals surface area contributed by atoms with Crippen LogP contribution in [0.15, 0.2) is 34.4 Å². The quantitative estimate of drug-likeness (QED) is 0.266. The summed E-state index contributed by atoms with van der Waals surface area (Å²) in [5.74, 6) is 0.0144. The van der Waals surface area contributed by atoms with Gasteiger partial charge in [0.1, 0.15) is 6.04 Å². The molecular formula is C16H21BN4O3. The number of nitrogens with zero attached hydrogens (tertiary/aromatic N) is 3. The van der Waals surface area contributed by atoms with Crippen molar-refractivity contribution in [2.75, 3.05) is 13.1 Å². The first-order valence-electron chi connectivity index (χ1n) is 7.88. The molecule has 1 saturated heterocycles. The lowest BCUT2D eigenvalue weighted by Crippen LogP contribution is -2.42. The minimum absolute atomic E-state index is 0.0245. The van der Waals surface area contributed by atoms with Crippen LogP contribution in [0.3, 0.4) is 0 Å². The highest BCUT2D eigenvalue weighted by Crippen LogP contribution is 2.15. The molecule has 0 aromatic heterocycles. The summed E-state index contributed by atoms with van der Waals surface area (Å²) < 4.78 is 4.39. The first-order chi connectivity index (χ1) is 11.7. The first-order valence-corrected chi connectivity index (χ1v) is 7.88. The van der Waals surface area contributed by atoms with Gasteiger partial charge in [-0.25, -0.2) is 4.99 Å². The number of oxime groups is 1. The summed E-state index contributed by atoms with van der Waals surface area (Å²) in [5.41, 5.74) is 7.06. The monoisotopic (exact) mass is 328 g/mol. The molecule has 0 aliphatic carbocycles. The van der Waals surface area contributed by atoms with Crippen molar-refractivity contribution in [3.05, 3.63) is 35.4 Å². The van der Waals surface area contributed by atoms with Crippen LogP contribution >= 0.6 is 0 Å². The maximum atomic E-state index is 12.7. The third kappa shape index (κ3) is 4.74. The van der Waals surface area contributed by atoms with Crippen LogP contribution < -0.4 is 5.73 Å². The molecule has 126 valence electrons. The Morgan fingerprint density at radius 1 is 1.33 bits per heavy atom. The lowest BCUT2D eigenvalue weighted by Gasteiger charge is -2.29. The predicted molar refractivity (Wildman–Crippen MR) is 92.2 cm³/mol. The highest BCUT2D eigenvalue weighted by molar-refractivity contribution is 6.02. The van der Waals surface area contributed by atoms with Crippen molar-refractivity contribution in [3.63, 3.8) is 0 Å². The average Bonchev–Trinajstić information content (AvgIpc) is 2.65. The summed E-state index contributed by atoms with van der Waals surface area (Å²) >= 11 is 0. The zero-order valence-electron chi connectivity index (χ0n) is 13.5. The van der Waals surface area contributed by atoms with E-state index in [4.69, 9.17) is 19.0 Å². The van der Waals surface area contributed by atoms with Gasteiger partial charge < -0.3 is 20.5 Å². The highest BCUT2D eigenvalue weighted by Gasteiger charge is 2.25. The van der Waals surface area contributed by atoms with E-state index >= 15 is 0 Å². The SMILES string of the molecule is [B]OC=N[C@H](Cc1ccc(C(N)=NO)cc1)C(=O)N1CCCCC1. The molecule has 0 bridgehead atoms. The van der Waals surface area contributed by atoms with Gasteiger partial charge in [0.15, 0.2) is 12.2 Å². The molecule has 1 heterocycles. The van der Waals surface area contributed by atoms with Gasteiger partial charge in [-0.05, 0) is 24.8 Å². The van der Waals surface area contributed by atoms with Crippen molar-refractivity contribution in [2.24, 2.45) is 15.9 Å². The second-order valence-electron chi connectivity index (χ2n) is 5.68. The van der Waals surface area contributed by atoms with Crippen molar-refractivity contribution in [3.8, 4) is 0 Å². The Balaban J connectivity index is 2.10. The fourth-order valence-corrected chi connectivity index (χ4v) is 2.73. The van der Waals surface area contributed by atoms with Crippen LogP contribution in [0.2, 0.25) is 0 Å². The maximum absolute atomic E-state index is 12.7. The Morgan fingerprint density at radius 2 is 2.00 bits per heavy atom. The van der Waals surface area contributed by atoms with Gasteiger partial charge in [0.25, 0.3) is 0 Å². The summed E-state index contributed by atoms with van der Waals surface area (Å²) in [7, 11) is 4.99. The van der Waals surface area contributed by atoms with Crippen molar-refractivity contribution in [1.29, 1.82) is 0 Å². The minimum Gasteiger partial charge on any atom is -0.560 e. The number of aliphatic imine (C=N–C) groups is 1.